The Morgan fingerprint density at radius 1 is 0.504 bits per heavy atom. The topological polar surface area (TPSA) is 284 Å². The van der Waals surface area contributed by atoms with Gasteiger partial charge < -0.3 is 66.5 Å². The Kier molecular flexibility index (Phi) is 33.9. The van der Waals surface area contributed by atoms with E-state index in [1.165, 1.54) is 52.8 Å². The largest absolute Gasteiger partial charge is 0.508 e. The van der Waals surface area contributed by atoms with Crippen LogP contribution in [-0.2, 0) is 19.4 Å². The van der Waals surface area contributed by atoms with E-state index in [9.17, 15) is 34.1 Å². The lowest BCUT2D eigenvalue weighted by molar-refractivity contribution is 0.0110. The number of pyridine rings is 2. The van der Waals surface area contributed by atoms with Crippen LogP contribution in [0.3, 0.4) is 0 Å². The molecule has 6 aromatic carbocycles. The summed E-state index contributed by atoms with van der Waals surface area (Å²) in [6, 6.07) is 45.8. The third-order valence-corrected chi connectivity index (χ3v) is 26.2. The molecular weight excluding hydrogens is 1570 g/mol. The number of aromatic nitrogens is 6. The van der Waals surface area contributed by atoms with Crippen LogP contribution in [-0.4, -0.2) is 187 Å². The number of halogens is 1. The van der Waals surface area contributed by atoms with Crippen LogP contribution < -0.4 is 36.5 Å². The van der Waals surface area contributed by atoms with Crippen LogP contribution in [0.25, 0.3) is 22.5 Å². The van der Waals surface area contributed by atoms with Crippen molar-refractivity contribution >= 4 is 28.9 Å². The van der Waals surface area contributed by atoms with Crippen LogP contribution >= 0.6 is 0 Å². The van der Waals surface area contributed by atoms with E-state index in [4.69, 9.17) is 15.2 Å². The lowest BCUT2D eigenvalue weighted by atomic mass is 9.62. The van der Waals surface area contributed by atoms with Gasteiger partial charge in [-0.1, -0.05) is 121 Å². The standard InChI is InChI=1S/C26H32N6O.C24H29FN2O3.C24H31N3O2.C24H29N3O2.4CH4/c27-15-5-1-2-6-18-32-30-25(29-31-32)21-11-9-20(10-12-21)23-19-26(13-16-28-17-14-26)33-24-8-4-3-7-22(23)24;1-3-27(4-2)23(29)16-5-7-18(21(28)13-16)20-15-24(9-11-26-12-10-24)30-22-8-6-17(25)14-19(20)22;2*1-3-27(4-2)23(29)22-8-6-18(16-26-22)21-15-24(9-11-25-12-10-24)14-17-5-7-19(28)13-20(17)21;;;;/h3-4,7-12,19,28H,1-2,5-6,13-18,27H2;5-8,13-14,20,26,28H,3-4,9-12,15H2,1-2H3;5-8,13,16,21,25,28H,3-4,9-12,14-15H2,1-2H3;5-8,13,15-16,25,28H,3-4,9-12,14H2,1-2H3;4*1H4. The second-order valence-corrected chi connectivity index (χ2v) is 33.8. The fourth-order valence-electron chi connectivity index (χ4n) is 19.2. The van der Waals surface area contributed by atoms with E-state index in [0.717, 1.165) is 194 Å². The van der Waals surface area contributed by atoms with Crippen LogP contribution in [0, 0.1) is 16.6 Å². The van der Waals surface area contributed by atoms with E-state index in [-0.39, 0.29) is 93.2 Å². The lowest BCUT2D eigenvalue weighted by Gasteiger charge is -2.45. The second kappa shape index (κ2) is 44.0. The summed E-state index contributed by atoms with van der Waals surface area (Å²) in [4.78, 5) is 53.9. The normalized spacial score (nSPS) is 18.0. The number of phenolic OH excluding ortho intramolecular Hbond substituents is 3. The molecule has 4 saturated heterocycles. The number of amides is 3. The average molecular weight is 1710 g/mol. The Morgan fingerprint density at radius 2 is 1.08 bits per heavy atom. The van der Waals surface area contributed by atoms with E-state index in [0.29, 0.717) is 90.9 Å². The van der Waals surface area contributed by atoms with Crippen LogP contribution in [0.5, 0.6) is 28.7 Å². The first-order chi connectivity index (χ1) is 58.8. The SMILES string of the molecule is C.C.C.C.CCN(CC)C(=O)c1ccc(C2=CC3(CCNCC3)Cc3ccc(O)cc32)cn1.CCN(CC)C(=O)c1ccc(C2CC3(CCNCC3)Cc3ccc(O)cc32)cn1.CCN(CC)C(=O)c1ccc(C2CC3(CCNCC3)Oc3ccc(F)cc32)c(O)c1.NCCCCCCn1nnc(-c2ccc(C3=CC4(CCNCC4)Oc4ccccc43)cc2)n1. The zero-order valence-corrected chi connectivity index (χ0v) is 71.3. The number of fused-ring (bicyclic) bond motifs is 4. The third-order valence-electron chi connectivity index (χ3n) is 26.2. The van der Waals surface area contributed by atoms with Gasteiger partial charge in [-0.15, -0.1) is 10.2 Å². The molecule has 4 spiro atoms. The Balaban J connectivity index is 0.000000173. The minimum absolute atomic E-state index is 0. The van der Waals surface area contributed by atoms with E-state index in [2.05, 4.69) is 113 Å². The molecule has 3 amide bonds. The molecule has 0 saturated carbocycles. The fraction of sp³-hybridized carbons (Fsp3) is 0.471. The number of aromatic hydroxyl groups is 3. The number of carbonyl (C=O) groups is 3. The van der Waals surface area contributed by atoms with E-state index in [1.54, 1.807) is 56.0 Å². The Bertz CT molecular complexity index is 5090. The van der Waals surface area contributed by atoms with Crippen molar-refractivity contribution in [2.75, 3.05) is 98.2 Å². The number of hydrogen-bond donors (Lipinski definition) is 8. The second-order valence-electron chi connectivity index (χ2n) is 33.8. The molecule has 23 heteroatoms. The van der Waals surface area contributed by atoms with Crippen LogP contribution in [0.2, 0.25) is 0 Å². The quantitative estimate of drug-likeness (QED) is 0.0329. The smallest absolute Gasteiger partial charge is 0.272 e. The van der Waals surface area contributed by atoms with Crippen LogP contribution in [0.4, 0.5) is 4.39 Å². The molecule has 2 aliphatic carbocycles. The summed E-state index contributed by atoms with van der Waals surface area (Å²) in [5.41, 5.74) is 21.0. The minimum atomic E-state index is -0.330. The summed E-state index contributed by atoms with van der Waals surface area (Å²) in [6.45, 7) is 25.1. The van der Waals surface area contributed by atoms with Crippen LogP contribution in [0.15, 0.2) is 170 Å². The molecule has 3 aromatic heterocycles. The van der Waals surface area contributed by atoms with Crippen molar-refractivity contribution in [1.82, 2.24) is 66.1 Å². The zero-order chi connectivity index (χ0) is 84.7. The van der Waals surface area contributed by atoms with Gasteiger partial charge in [0.05, 0.1) is 6.54 Å². The molecule has 9 aromatic rings. The molecule has 0 bridgehead atoms. The average Bonchev–Trinajstić information content (AvgIpc) is 0.839. The van der Waals surface area contributed by atoms with Crippen molar-refractivity contribution in [3.63, 3.8) is 0 Å². The molecule has 22 nitrogen and oxygen atoms in total. The predicted molar refractivity (Wildman–Crippen MR) is 500 cm³/mol. The van der Waals surface area contributed by atoms with Gasteiger partial charge in [0.2, 0.25) is 5.82 Å². The first kappa shape index (κ1) is 96.5. The monoisotopic (exact) mass is 1710 g/mol. The number of piperidine rings is 4. The molecule has 0 radical (unpaired) electrons. The Labute approximate surface area is 741 Å². The van der Waals surface area contributed by atoms with Crippen molar-refractivity contribution in [2.24, 2.45) is 16.6 Å². The van der Waals surface area contributed by atoms with Crippen molar-refractivity contribution in [2.45, 2.75) is 204 Å². The molecule has 6 aliphatic heterocycles. The van der Waals surface area contributed by atoms with Crippen molar-refractivity contribution < 1.29 is 43.6 Å². The number of rotatable bonds is 20. The number of aryl methyl sites for hydroxylation is 1. The Hall–Kier alpha value is -10.7. The number of benzene rings is 6. The summed E-state index contributed by atoms with van der Waals surface area (Å²) in [7, 11) is 0. The molecular formula is C102H137FN14O8. The first-order valence-electron chi connectivity index (χ1n) is 44.2. The number of allylic oxidation sites excluding steroid dienone is 1. The van der Waals surface area contributed by atoms with Gasteiger partial charge in [-0.25, -0.2) is 4.39 Å². The van der Waals surface area contributed by atoms with Crippen molar-refractivity contribution in [1.29, 1.82) is 0 Å². The highest BCUT2D eigenvalue weighted by atomic mass is 19.1. The van der Waals surface area contributed by atoms with Gasteiger partial charge >= 0.3 is 0 Å². The molecule has 9 N–H and O–H groups in total. The number of nitrogens with two attached hydrogens (primary N) is 1. The summed E-state index contributed by atoms with van der Waals surface area (Å²) in [6.07, 6.45) is 24.8. The number of phenols is 3. The van der Waals surface area contributed by atoms with E-state index < -0.39 is 0 Å². The highest BCUT2D eigenvalue weighted by molar-refractivity contribution is 5.95. The fourth-order valence-corrected chi connectivity index (χ4v) is 19.2. The Morgan fingerprint density at radius 3 is 1.70 bits per heavy atom. The summed E-state index contributed by atoms with van der Waals surface area (Å²) in [5, 5.41) is 57.9. The van der Waals surface area contributed by atoms with Crippen molar-refractivity contribution in [3.05, 3.63) is 249 Å². The molecule has 670 valence electrons. The number of hydrogen-bond acceptors (Lipinski definition) is 18. The summed E-state index contributed by atoms with van der Waals surface area (Å²) >= 11 is 0. The highest BCUT2D eigenvalue weighted by Crippen LogP contribution is 2.53. The number of para-hydroxylation sites is 1. The van der Waals surface area contributed by atoms with Gasteiger partial charge in [-0.2, -0.15) is 4.80 Å². The first-order valence-corrected chi connectivity index (χ1v) is 44.2. The molecule has 125 heavy (non-hydrogen) atoms. The molecule has 2 atom stereocenters. The third kappa shape index (κ3) is 22.4. The maximum absolute atomic E-state index is 14.1. The number of carbonyl (C=O) groups excluding carboxylic acids is 3. The van der Waals surface area contributed by atoms with Gasteiger partial charge in [0.15, 0.2) is 0 Å². The minimum Gasteiger partial charge on any atom is -0.508 e. The lowest BCUT2D eigenvalue weighted by Crippen LogP contribution is -2.49. The molecule has 9 heterocycles. The zero-order valence-electron chi connectivity index (χ0n) is 71.3. The molecule has 8 aliphatic rings. The maximum Gasteiger partial charge on any atom is 0.272 e. The van der Waals surface area contributed by atoms with Gasteiger partial charge in [0.1, 0.15) is 57.2 Å². The molecule has 4 fully saturated rings. The van der Waals surface area contributed by atoms with Gasteiger partial charge in [0, 0.05) is 110 Å². The highest BCUT2D eigenvalue weighted by Gasteiger charge is 2.45. The number of ether oxygens (including phenoxy) is 2. The predicted octanol–water partition coefficient (Wildman–Crippen LogP) is 17.7. The van der Waals surface area contributed by atoms with Gasteiger partial charge in [-0.3, -0.25) is 24.4 Å². The molecule has 2 unspecified atom stereocenters. The van der Waals surface area contributed by atoms with Crippen LogP contribution in [0.1, 0.15) is 260 Å². The maximum atomic E-state index is 14.1. The van der Waals surface area contributed by atoms with E-state index >= 15 is 0 Å². The van der Waals surface area contributed by atoms with Gasteiger partial charge in [0.25, 0.3) is 17.7 Å². The van der Waals surface area contributed by atoms with Gasteiger partial charge in [-0.05, 0) is 317 Å². The number of nitrogens with zero attached hydrogens (tertiary/aromatic N) is 9. The molecule has 17 rings (SSSR count). The summed E-state index contributed by atoms with van der Waals surface area (Å²) < 4.78 is 27.0. The van der Waals surface area contributed by atoms with Crippen molar-refractivity contribution in [3.8, 4) is 40.1 Å². The number of nitrogens with one attached hydrogen (secondary N) is 4. The van der Waals surface area contributed by atoms with E-state index in [1.807, 2.05) is 96.3 Å². The number of tetrazole rings is 1. The summed E-state index contributed by atoms with van der Waals surface area (Å²) in [5.74, 6) is 2.51. The number of unbranched alkanes of at least 4 members (excludes halogenated alkanes) is 3.